The fourth-order valence-electron chi connectivity index (χ4n) is 3.52. The van der Waals surface area contributed by atoms with E-state index in [-0.39, 0.29) is 17.7 Å². The van der Waals surface area contributed by atoms with Crippen molar-refractivity contribution in [1.82, 2.24) is 5.32 Å². The van der Waals surface area contributed by atoms with Gasteiger partial charge in [0.2, 0.25) is 5.91 Å². The second-order valence-corrected chi connectivity index (χ2v) is 6.56. The predicted molar refractivity (Wildman–Crippen MR) is 94.2 cm³/mol. The van der Waals surface area contributed by atoms with Gasteiger partial charge in [-0.1, -0.05) is 30.3 Å². The summed E-state index contributed by atoms with van der Waals surface area (Å²) < 4.78 is 5.43. The average Bonchev–Trinajstić information content (AvgIpc) is 3.26. The third-order valence-corrected chi connectivity index (χ3v) is 4.85. The molecule has 5 nitrogen and oxygen atoms in total. The average molecular weight is 336 g/mol. The third kappa shape index (κ3) is 3.15. The molecule has 0 radical (unpaired) electrons. The van der Waals surface area contributed by atoms with E-state index in [1.54, 1.807) is 4.90 Å². The quantitative estimate of drug-likeness (QED) is 0.933. The van der Waals surface area contributed by atoms with Crippen LogP contribution >= 0.6 is 0 Å². The molecule has 0 aromatic heterocycles. The summed E-state index contributed by atoms with van der Waals surface area (Å²) in [6.07, 6.45) is 0.463. The van der Waals surface area contributed by atoms with E-state index in [9.17, 15) is 9.59 Å². The van der Waals surface area contributed by atoms with Crippen molar-refractivity contribution in [3.05, 3.63) is 65.2 Å². The fraction of sp³-hybridized carbons (Fsp3) is 0.300. The van der Waals surface area contributed by atoms with Crippen LogP contribution in [-0.4, -0.2) is 24.9 Å². The monoisotopic (exact) mass is 336 g/mol. The molecule has 4 rings (SSSR count). The van der Waals surface area contributed by atoms with Crippen molar-refractivity contribution >= 4 is 17.5 Å². The smallest absolute Gasteiger partial charge is 0.251 e. The maximum absolute atomic E-state index is 12.5. The van der Waals surface area contributed by atoms with Crippen molar-refractivity contribution < 1.29 is 14.3 Å². The Kier molecular flexibility index (Phi) is 4.24. The molecule has 2 aromatic carbocycles. The van der Waals surface area contributed by atoms with E-state index in [1.165, 1.54) is 0 Å². The molecule has 2 aromatic rings. The van der Waals surface area contributed by atoms with Gasteiger partial charge in [0.25, 0.3) is 5.91 Å². The number of rotatable bonds is 4. The minimum absolute atomic E-state index is 0.0899. The highest BCUT2D eigenvalue weighted by Gasteiger charge is 2.31. The zero-order valence-electron chi connectivity index (χ0n) is 13.9. The van der Waals surface area contributed by atoms with Crippen LogP contribution in [0.2, 0.25) is 0 Å². The summed E-state index contributed by atoms with van der Waals surface area (Å²) in [5.41, 5.74) is 3.66. The number of hydrogen-bond donors (Lipinski definition) is 1. The Labute approximate surface area is 146 Å². The Morgan fingerprint density at radius 2 is 1.96 bits per heavy atom. The van der Waals surface area contributed by atoms with E-state index < -0.39 is 0 Å². The topological polar surface area (TPSA) is 58.6 Å². The molecule has 0 aliphatic carbocycles. The molecule has 25 heavy (non-hydrogen) atoms. The lowest BCUT2D eigenvalue weighted by Crippen LogP contribution is -2.31. The standard InChI is InChI=1S/C20H20N2O3/c23-19-9-14(11-22(19)16-6-2-1-3-7-16)10-21-20(24)17-8-4-5-15-12-25-13-18(15)17/h1-8,14H,9-13H2,(H,21,24). The first kappa shape index (κ1) is 15.8. The predicted octanol–water partition coefficient (Wildman–Crippen LogP) is 2.50. The lowest BCUT2D eigenvalue weighted by atomic mass is 10.0. The van der Waals surface area contributed by atoms with E-state index in [0.29, 0.717) is 38.3 Å². The summed E-state index contributed by atoms with van der Waals surface area (Å²) in [6, 6.07) is 15.4. The molecule has 2 aliphatic rings. The van der Waals surface area contributed by atoms with Crippen molar-refractivity contribution in [2.45, 2.75) is 19.6 Å². The molecule has 2 amide bonds. The van der Waals surface area contributed by atoms with Gasteiger partial charge in [-0.25, -0.2) is 0 Å². The number of fused-ring (bicyclic) bond motifs is 1. The minimum Gasteiger partial charge on any atom is -0.372 e. The lowest BCUT2D eigenvalue weighted by Gasteiger charge is -2.17. The largest absolute Gasteiger partial charge is 0.372 e. The van der Waals surface area contributed by atoms with Crippen LogP contribution in [0, 0.1) is 5.92 Å². The summed E-state index contributed by atoms with van der Waals surface area (Å²) in [7, 11) is 0. The molecule has 0 spiro atoms. The van der Waals surface area contributed by atoms with Gasteiger partial charge in [-0.05, 0) is 29.3 Å². The van der Waals surface area contributed by atoms with Gasteiger partial charge in [0.15, 0.2) is 0 Å². The SMILES string of the molecule is O=C(NCC1CC(=O)N(c2ccccc2)C1)c1cccc2c1COC2. The number of para-hydroxylation sites is 1. The van der Waals surface area contributed by atoms with Crippen LogP contribution in [0.25, 0.3) is 0 Å². The van der Waals surface area contributed by atoms with Crippen LogP contribution in [-0.2, 0) is 22.7 Å². The first-order valence-corrected chi connectivity index (χ1v) is 8.54. The van der Waals surface area contributed by atoms with Gasteiger partial charge in [-0.15, -0.1) is 0 Å². The second kappa shape index (κ2) is 6.69. The van der Waals surface area contributed by atoms with Crippen LogP contribution in [0.3, 0.4) is 0 Å². The van der Waals surface area contributed by atoms with E-state index in [2.05, 4.69) is 5.32 Å². The number of anilines is 1. The summed E-state index contributed by atoms with van der Waals surface area (Å²) in [6.45, 7) is 2.19. The number of carbonyl (C=O) groups excluding carboxylic acids is 2. The lowest BCUT2D eigenvalue weighted by molar-refractivity contribution is -0.117. The summed E-state index contributed by atoms with van der Waals surface area (Å²) in [5, 5.41) is 2.99. The zero-order chi connectivity index (χ0) is 17.2. The number of amides is 2. The fourth-order valence-corrected chi connectivity index (χ4v) is 3.52. The molecule has 1 N–H and O–H groups in total. The van der Waals surface area contributed by atoms with Crippen LogP contribution in [0.4, 0.5) is 5.69 Å². The molecule has 0 bridgehead atoms. The summed E-state index contributed by atoms with van der Waals surface area (Å²) >= 11 is 0. The van der Waals surface area contributed by atoms with E-state index in [0.717, 1.165) is 16.8 Å². The van der Waals surface area contributed by atoms with Gasteiger partial charge in [0, 0.05) is 36.7 Å². The number of nitrogens with zero attached hydrogens (tertiary/aromatic N) is 1. The molecule has 2 heterocycles. The molecular weight excluding hydrogens is 316 g/mol. The summed E-state index contributed by atoms with van der Waals surface area (Å²) in [5.74, 6) is 0.150. The Hall–Kier alpha value is -2.66. The van der Waals surface area contributed by atoms with E-state index >= 15 is 0 Å². The van der Waals surface area contributed by atoms with Crippen LogP contribution in [0.1, 0.15) is 27.9 Å². The number of benzene rings is 2. The Morgan fingerprint density at radius 1 is 1.12 bits per heavy atom. The van der Waals surface area contributed by atoms with Crippen LogP contribution in [0.15, 0.2) is 48.5 Å². The second-order valence-electron chi connectivity index (χ2n) is 6.56. The molecule has 2 aliphatic heterocycles. The van der Waals surface area contributed by atoms with Crippen molar-refractivity contribution in [1.29, 1.82) is 0 Å². The van der Waals surface area contributed by atoms with E-state index in [1.807, 2.05) is 48.5 Å². The Bertz CT molecular complexity index is 804. The molecular formula is C20H20N2O3. The molecule has 1 atom stereocenters. The van der Waals surface area contributed by atoms with Gasteiger partial charge in [-0.3, -0.25) is 9.59 Å². The maximum Gasteiger partial charge on any atom is 0.251 e. The van der Waals surface area contributed by atoms with Gasteiger partial charge < -0.3 is 15.0 Å². The Balaban J connectivity index is 1.39. The molecule has 0 saturated carbocycles. The molecule has 128 valence electrons. The highest BCUT2D eigenvalue weighted by Crippen LogP contribution is 2.25. The number of ether oxygens (including phenoxy) is 1. The molecule has 5 heteroatoms. The highest BCUT2D eigenvalue weighted by molar-refractivity contribution is 5.97. The van der Waals surface area contributed by atoms with Crippen molar-refractivity contribution in [2.75, 3.05) is 18.0 Å². The summed E-state index contributed by atoms with van der Waals surface area (Å²) in [4.78, 5) is 26.6. The first-order valence-electron chi connectivity index (χ1n) is 8.54. The first-order chi connectivity index (χ1) is 12.2. The number of hydrogen-bond acceptors (Lipinski definition) is 3. The third-order valence-electron chi connectivity index (χ3n) is 4.85. The van der Waals surface area contributed by atoms with Crippen molar-refractivity contribution in [3.63, 3.8) is 0 Å². The number of nitrogens with one attached hydrogen (secondary N) is 1. The molecule has 1 unspecified atom stereocenters. The van der Waals surface area contributed by atoms with Crippen molar-refractivity contribution in [3.8, 4) is 0 Å². The van der Waals surface area contributed by atoms with Gasteiger partial charge in [0.05, 0.1) is 13.2 Å². The minimum atomic E-state index is -0.0899. The van der Waals surface area contributed by atoms with Gasteiger partial charge >= 0.3 is 0 Å². The zero-order valence-corrected chi connectivity index (χ0v) is 13.9. The molecule has 1 fully saturated rings. The Morgan fingerprint density at radius 3 is 2.80 bits per heavy atom. The van der Waals surface area contributed by atoms with E-state index in [4.69, 9.17) is 4.74 Å². The van der Waals surface area contributed by atoms with Crippen molar-refractivity contribution in [2.24, 2.45) is 5.92 Å². The van der Waals surface area contributed by atoms with Crippen LogP contribution in [0.5, 0.6) is 0 Å². The molecule has 1 saturated heterocycles. The highest BCUT2D eigenvalue weighted by atomic mass is 16.5. The normalized spacial score (nSPS) is 19.1. The van der Waals surface area contributed by atoms with Gasteiger partial charge in [-0.2, -0.15) is 0 Å². The van der Waals surface area contributed by atoms with Crippen LogP contribution < -0.4 is 10.2 Å². The number of carbonyl (C=O) groups is 2. The maximum atomic E-state index is 12.5. The van der Waals surface area contributed by atoms with Gasteiger partial charge in [0.1, 0.15) is 0 Å².